The molecule has 0 spiro atoms. The Labute approximate surface area is 140 Å². The lowest BCUT2D eigenvalue weighted by Crippen LogP contribution is -2.10. The van der Waals surface area contributed by atoms with Gasteiger partial charge in [-0.1, -0.05) is 52.5 Å². The van der Waals surface area contributed by atoms with E-state index >= 15 is 0 Å². The largest absolute Gasteiger partial charge is 0.479 e. The molecule has 2 N–H and O–H groups in total. The van der Waals surface area contributed by atoms with Crippen LogP contribution in [0.4, 0.5) is 0 Å². The first kappa shape index (κ1) is 16.4. The lowest BCUT2D eigenvalue weighted by molar-refractivity contribution is -0.146. The first-order chi connectivity index (χ1) is 9.81. The van der Waals surface area contributed by atoms with Crippen molar-refractivity contribution in [3.05, 3.63) is 56.0 Å². The summed E-state index contributed by atoms with van der Waals surface area (Å²) in [7, 11) is 0. The average Bonchev–Trinajstić information content (AvgIpc) is 2.38. The van der Waals surface area contributed by atoms with Gasteiger partial charge in [-0.2, -0.15) is 0 Å². The topological polar surface area (TPSA) is 57.5 Å². The van der Waals surface area contributed by atoms with Gasteiger partial charge in [-0.3, -0.25) is 0 Å². The minimum atomic E-state index is -1.66. The molecule has 0 fully saturated rings. The van der Waals surface area contributed by atoms with Crippen LogP contribution in [0, 0.1) is 0 Å². The van der Waals surface area contributed by atoms with Crippen LogP contribution in [0.3, 0.4) is 0 Å². The van der Waals surface area contributed by atoms with Crippen LogP contribution in [0.15, 0.2) is 30.3 Å². The summed E-state index contributed by atoms with van der Waals surface area (Å²) in [5, 5.41) is 19.7. The van der Waals surface area contributed by atoms with Crippen molar-refractivity contribution < 1.29 is 15.0 Å². The maximum absolute atomic E-state index is 10.9. The van der Waals surface area contributed by atoms with Gasteiger partial charge in [0.15, 0.2) is 6.10 Å². The summed E-state index contributed by atoms with van der Waals surface area (Å²) < 4.78 is 0. The van der Waals surface area contributed by atoms with Crippen LogP contribution in [0.2, 0.25) is 20.1 Å². The van der Waals surface area contributed by atoms with Crippen molar-refractivity contribution in [3.63, 3.8) is 0 Å². The quantitative estimate of drug-likeness (QED) is 0.796. The highest BCUT2D eigenvalue weighted by Crippen LogP contribution is 2.41. The molecule has 1 unspecified atom stereocenters. The van der Waals surface area contributed by atoms with Gasteiger partial charge in [-0.15, -0.1) is 0 Å². The van der Waals surface area contributed by atoms with E-state index in [-0.39, 0.29) is 15.6 Å². The summed E-state index contributed by atoms with van der Waals surface area (Å²) in [6.07, 6.45) is -1.66. The number of carbonyl (C=O) groups is 1. The first-order valence-electron chi connectivity index (χ1n) is 5.66. The maximum atomic E-state index is 10.9. The fourth-order valence-electron chi connectivity index (χ4n) is 1.85. The second-order valence-corrected chi connectivity index (χ2v) is 5.88. The van der Waals surface area contributed by atoms with Crippen molar-refractivity contribution in [2.75, 3.05) is 0 Å². The van der Waals surface area contributed by atoms with E-state index in [2.05, 4.69) is 0 Å². The number of aliphatic carboxylic acids is 1. The summed E-state index contributed by atoms with van der Waals surface area (Å²) >= 11 is 24.2. The highest BCUT2D eigenvalue weighted by molar-refractivity contribution is 6.43. The normalized spacial score (nSPS) is 12.2. The fourth-order valence-corrected chi connectivity index (χ4v) is 3.08. The van der Waals surface area contributed by atoms with E-state index in [1.54, 1.807) is 0 Å². The molecule has 0 bridgehead atoms. The van der Waals surface area contributed by atoms with E-state index < -0.39 is 12.1 Å². The standard InChI is InChI=1S/C14H8Cl4O3/c15-7-4-10(17)12(11(18)5-7)8-3-6(1-2-9(8)16)13(19)14(20)21/h1-5,13,19H,(H,20,21). The molecular weight excluding hydrogens is 358 g/mol. The number of carboxylic acid groups (broad SMARTS) is 1. The third-order valence-electron chi connectivity index (χ3n) is 2.82. The van der Waals surface area contributed by atoms with Crippen molar-refractivity contribution in [2.45, 2.75) is 6.10 Å². The second-order valence-electron chi connectivity index (χ2n) is 4.22. The maximum Gasteiger partial charge on any atom is 0.337 e. The SMILES string of the molecule is O=C(O)C(O)c1ccc(Cl)c(-c2c(Cl)cc(Cl)cc2Cl)c1. The molecular formula is C14H8Cl4O3. The Balaban J connectivity index is 2.64. The van der Waals surface area contributed by atoms with Gasteiger partial charge in [0.05, 0.1) is 10.0 Å². The van der Waals surface area contributed by atoms with E-state index in [0.717, 1.165) is 0 Å². The predicted molar refractivity (Wildman–Crippen MR) is 84.5 cm³/mol. The minimum Gasteiger partial charge on any atom is -0.479 e. The minimum absolute atomic E-state index is 0.170. The molecule has 110 valence electrons. The zero-order chi connectivity index (χ0) is 15.7. The molecule has 2 aromatic carbocycles. The number of carboxylic acids is 1. The lowest BCUT2D eigenvalue weighted by Gasteiger charge is -2.13. The molecule has 0 aliphatic rings. The Morgan fingerprint density at radius 2 is 1.52 bits per heavy atom. The van der Waals surface area contributed by atoms with Crippen LogP contribution >= 0.6 is 46.4 Å². The smallest absolute Gasteiger partial charge is 0.337 e. The van der Waals surface area contributed by atoms with Gasteiger partial charge in [0.2, 0.25) is 0 Å². The molecule has 0 aliphatic carbocycles. The zero-order valence-electron chi connectivity index (χ0n) is 10.3. The molecule has 21 heavy (non-hydrogen) atoms. The first-order valence-corrected chi connectivity index (χ1v) is 7.17. The summed E-state index contributed by atoms with van der Waals surface area (Å²) in [5.74, 6) is -1.36. The van der Waals surface area contributed by atoms with Gasteiger partial charge >= 0.3 is 5.97 Å². The second kappa shape index (κ2) is 6.42. The summed E-state index contributed by atoms with van der Waals surface area (Å²) in [6, 6.07) is 7.33. The van der Waals surface area contributed by atoms with Crippen LogP contribution in [0.5, 0.6) is 0 Å². The third kappa shape index (κ3) is 3.44. The highest BCUT2D eigenvalue weighted by Gasteiger charge is 2.19. The number of aliphatic hydroxyl groups excluding tert-OH is 1. The van der Waals surface area contributed by atoms with Gasteiger partial charge < -0.3 is 10.2 Å². The highest BCUT2D eigenvalue weighted by atomic mass is 35.5. The van der Waals surface area contributed by atoms with Crippen molar-refractivity contribution in [1.82, 2.24) is 0 Å². The van der Waals surface area contributed by atoms with Crippen molar-refractivity contribution in [2.24, 2.45) is 0 Å². The molecule has 0 aromatic heterocycles. The van der Waals surface area contributed by atoms with Crippen molar-refractivity contribution >= 4 is 52.4 Å². The Kier molecular flexibility index (Phi) is 5.02. The predicted octanol–water partition coefficient (Wildman–Crippen LogP) is 5.09. The van der Waals surface area contributed by atoms with Gasteiger partial charge in [0.1, 0.15) is 0 Å². The Morgan fingerprint density at radius 1 is 0.952 bits per heavy atom. The Hall–Kier alpha value is -0.970. The van der Waals surface area contributed by atoms with E-state index in [4.69, 9.17) is 51.5 Å². The number of benzene rings is 2. The lowest BCUT2D eigenvalue weighted by atomic mass is 10.0. The molecule has 0 aliphatic heterocycles. The summed E-state index contributed by atoms with van der Waals surface area (Å²) in [5.41, 5.74) is 1.01. The summed E-state index contributed by atoms with van der Waals surface area (Å²) in [4.78, 5) is 10.9. The monoisotopic (exact) mass is 364 g/mol. The zero-order valence-corrected chi connectivity index (χ0v) is 13.3. The van der Waals surface area contributed by atoms with E-state index in [9.17, 15) is 9.90 Å². The van der Waals surface area contributed by atoms with Crippen LogP contribution < -0.4 is 0 Å². The number of hydrogen-bond donors (Lipinski definition) is 2. The number of rotatable bonds is 3. The molecule has 0 heterocycles. The van der Waals surface area contributed by atoms with Gasteiger partial charge in [-0.05, 0) is 29.8 Å². The molecule has 0 amide bonds. The molecule has 3 nitrogen and oxygen atoms in total. The van der Waals surface area contributed by atoms with E-state index in [1.807, 2.05) is 0 Å². The Morgan fingerprint density at radius 3 is 2.05 bits per heavy atom. The molecule has 2 rings (SSSR count). The number of aliphatic hydroxyl groups is 1. The summed E-state index contributed by atoms with van der Waals surface area (Å²) in [6.45, 7) is 0. The number of hydrogen-bond acceptors (Lipinski definition) is 2. The molecule has 2 aromatic rings. The van der Waals surface area contributed by atoms with Crippen LogP contribution in [0.25, 0.3) is 11.1 Å². The van der Waals surface area contributed by atoms with Crippen LogP contribution in [-0.4, -0.2) is 16.2 Å². The van der Waals surface area contributed by atoms with Crippen LogP contribution in [-0.2, 0) is 4.79 Å². The van der Waals surface area contributed by atoms with E-state index in [1.165, 1.54) is 30.3 Å². The number of halogens is 4. The molecule has 1 atom stereocenters. The molecule has 0 radical (unpaired) electrons. The van der Waals surface area contributed by atoms with E-state index in [0.29, 0.717) is 21.2 Å². The average molecular weight is 366 g/mol. The van der Waals surface area contributed by atoms with Gasteiger partial charge in [-0.25, -0.2) is 4.79 Å². The van der Waals surface area contributed by atoms with Gasteiger partial charge in [0.25, 0.3) is 0 Å². The van der Waals surface area contributed by atoms with Crippen LogP contribution in [0.1, 0.15) is 11.7 Å². The molecule has 0 saturated heterocycles. The van der Waals surface area contributed by atoms with Crippen molar-refractivity contribution in [3.8, 4) is 11.1 Å². The fraction of sp³-hybridized carbons (Fsp3) is 0.0714. The molecule has 7 heteroatoms. The Bertz CT molecular complexity index is 692. The molecule has 0 saturated carbocycles. The third-order valence-corrected chi connectivity index (χ3v) is 3.96. The van der Waals surface area contributed by atoms with Crippen molar-refractivity contribution in [1.29, 1.82) is 0 Å². The van der Waals surface area contributed by atoms with Gasteiger partial charge in [0, 0.05) is 21.2 Å².